The smallest absolute Gasteiger partial charge is 0.338 e. The van der Waals surface area contributed by atoms with E-state index in [0.717, 1.165) is 57.4 Å². The maximum absolute atomic E-state index is 11.9. The summed E-state index contributed by atoms with van der Waals surface area (Å²) in [5, 5.41) is 4.33. The van der Waals surface area contributed by atoms with Crippen molar-refractivity contribution in [3.63, 3.8) is 0 Å². The van der Waals surface area contributed by atoms with Gasteiger partial charge in [-0.15, -0.1) is 0 Å². The third-order valence-electron chi connectivity index (χ3n) is 6.55. The summed E-state index contributed by atoms with van der Waals surface area (Å²) in [7, 11) is 0. The number of nitrogens with one attached hydrogen (secondary N) is 1. The average molecular weight is 504 g/mol. The quantitative estimate of drug-likeness (QED) is 0.265. The Labute approximate surface area is 216 Å². The lowest BCUT2D eigenvalue weighted by molar-refractivity contribution is 0.0526. The van der Waals surface area contributed by atoms with Crippen LogP contribution in [-0.4, -0.2) is 59.9 Å². The van der Waals surface area contributed by atoms with Gasteiger partial charge in [-0.05, 0) is 69.7 Å². The highest BCUT2D eigenvalue weighted by molar-refractivity contribution is 5.90. The summed E-state index contributed by atoms with van der Waals surface area (Å²) in [4.78, 5) is 30.4. The van der Waals surface area contributed by atoms with Crippen molar-refractivity contribution >= 4 is 30.0 Å². The summed E-state index contributed by atoms with van der Waals surface area (Å²) in [5.41, 5.74) is 4.34. The number of benzene rings is 1. The molecule has 10 heteroatoms. The molecule has 5 rings (SSSR count). The van der Waals surface area contributed by atoms with E-state index in [-0.39, 0.29) is 5.97 Å². The highest BCUT2D eigenvalue weighted by atomic mass is 16.5. The second-order valence-corrected chi connectivity index (χ2v) is 9.22. The van der Waals surface area contributed by atoms with Gasteiger partial charge in [0.15, 0.2) is 0 Å². The SMILES string of the molecule is CCOC(=O)c1ccc(-c2ccc(/C=N/Nc3nc(N4CCCCC4)nc(N4CCCCC4)n3)o2)cc1. The fourth-order valence-electron chi connectivity index (χ4n) is 4.59. The minimum Gasteiger partial charge on any atom is -0.462 e. The molecular formula is C27H33N7O3. The van der Waals surface area contributed by atoms with Crippen LogP contribution in [0.1, 0.15) is 61.6 Å². The minimum absolute atomic E-state index is 0.336. The van der Waals surface area contributed by atoms with Crippen LogP contribution in [0, 0.1) is 0 Å². The molecule has 37 heavy (non-hydrogen) atoms. The van der Waals surface area contributed by atoms with E-state index in [9.17, 15) is 4.79 Å². The number of hydrogen-bond donors (Lipinski definition) is 1. The predicted molar refractivity (Wildman–Crippen MR) is 143 cm³/mol. The molecule has 0 aliphatic carbocycles. The van der Waals surface area contributed by atoms with Gasteiger partial charge in [-0.1, -0.05) is 12.1 Å². The molecule has 0 unspecified atom stereocenters. The second-order valence-electron chi connectivity index (χ2n) is 9.22. The zero-order valence-corrected chi connectivity index (χ0v) is 21.2. The molecule has 0 saturated carbocycles. The van der Waals surface area contributed by atoms with E-state index in [1.807, 2.05) is 24.3 Å². The van der Waals surface area contributed by atoms with Gasteiger partial charge in [0.05, 0.1) is 18.4 Å². The number of hydrazone groups is 1. The average Bonchev–Trinajstić information content (AvgIpc) is 3.43. The lowest BCUT2D eigenvalue weighted by Crippen LogP contribution is -2.34. The van der Waals surface area contributed by atoms with Crippen LogP contribution in [0.5, 0.6) is 0 Å². The van der Waals surface area contributed by atoms with Crippen LogP contribution in [0.25, 0.3) is 11.3 Å². The molecule has 194 valence electrons. The fraction of sp³-hybridized carbons (Fsp3) is 0.444. The molecule has 2 aliphatic heterocycles. The Balaban J connectivity index is 1.28. The highest BCUT2D eigenvalue weighted by Gasteiger charge is 2.20. The zero-order valence-electron chi connectivity index (χ0n) is 21.2. The highest BCUT2D eigenvalue weighted by Crippen LogP contribution is 2.24. The Bertz CT molecular complexity index is 1180. The van der Waals surface area contributed by atoms with E-state index >= 15 is 0 Å². The van der Waals surface area contributed by atoms with E-state index in [1.54, 1.807) is 25.3 Å². The first-order chi connectivity index (χ1) is 18.2. The number of piperidine rings is 2. The number of carbonyl (C=O) groups excluding carboxylic acids is 1. The Morgan fingerprint density at radius 1 is 0.919 bits per heavy atom. The van der Waals surface area contributed by atoms with Crippen LogP contribution in [0.15, 0.2) is 45.9 Å². The van der Waals surface area contributed by atoms with Crippen LogP contribution in [0.3, 0.4) is 0 Å². The van der Waals surface area contributed by atoms with Crippen molar-refractivity contribution in [2.24, 2.45) is 5.10 Å². The van der Waals surface area contributed by atoms with Crippen molar-refractivity contribution in [2.45, 2.75) is 45.4 Å². The molecule has 0 bridgehead atoms. The van der Waals surface area contributed by atoms with E-state index in [4.69, 9.17) is 14.1 Å². The summed E-state index contributed by atoms with van der Waals surface area (Å²) in [6.45, 7) is 5.97. The summed E-state index contributed by atoms with van der Waals surface area (Å²) in [6.07, 6.45) is 8.70. The lowest BCUT2D eigenvalue weighted by atomic mass is 10.1. The Hall–Kier alpha value is -3.95. The zero-order chi connectivity index (χ0) is 25.5. The molecular weight excluding hydrogens is 470 g/mol. The molecule has 2 fully saturated rings. The molecule has 4 heterocycles. The van der Waals surface area contributed by atoms with Gasteiger partial charge in [-0.25, -0.2) is 10.2 Å². The van der Waals surface area contributed by atoms with E-state index in [2.05, 4.69) is 30.3 Å². The number of hydrogen-bond acceptors (Lipinski definition) is 10. The molecule has 0 amide bonds. The van der Waals surface area contributed by atoms with Gasteiger partial charge in [-0.2, -0.15) is 20.1 Å². The lowest BCUT2D eigenvalue weighted by Gasteiger charge is -2.30. The number of carbonyl (C=O) groups is 1. The van der Waals surface area contributed by atoms with Gasteiger partial charge in [0.1, 0.15) is 11.5 Å². The molecule has 0 spiro atoms. The summed E-state index contributed by atoms with van der Waals surface area (Å²) in [5.74, 6) is 2.76. The number of furan rings is 1. The summed E-state index contributed by atoms with van der Waals surface area (Å²) in [6, 6.07) is 10.8. The van der Waals surface area contributed by atoms with E-state index in [1.165, 1.54) is 12.8 Å². The van der Waals surface area contributed by atoms with Crippen molar-refractivity contribution in [3.8, 4) is 11.3 Å². The van der Waals surface area contributed by atoms with Crippen molar-refractivity contribution in [3.05, 3.63) is 47.7 Å². The van der Waals surface area contributed by atoms with E-state index in [0.29, 0.717) is 41.5 Å². The first-order valence-corrected chi connectivity index (χ1v) is 13.1. The normalized spacial score (nSPS) is 16.2. The predicted octanol–water partition coefficient (Wildman–Crippen LogP) is 4.73. The monoisotopic (exact) mass is 503 g/mol. The van der Waals surface area contributed by atoms with Crippen molar-refractivity contribution in [2.75, 3.05) is 48.0 Å². The first kappa shape index (κ1) is 24.7. The fourth-order valence-corrected chi connectivity index (χ4v) is 4.59. The third kappa shape index (κ3) is 6.25. The van der Waals surface area contributed by atoms with Gasteiger partial charge < -0.3 is 19.0 Å². The Morgan fingerprint density at radius 2 is 1.54 bits per heavy atom. The van der Waals surface area contributed by atoms with Gasteiger partial charge in [-0.3, -0.25) is 0 Å². The molecule has 2 aliphatic rings. The standard InChI is InChI=1S/C27H33N7O3/c1-2-36-24(35)21-11-9-20(10-12-21)23-14-13-22(37-23)19-28-32-25-29-26(33-15-5-3-6-16-33)31-27(30-25)34-17-7-4-8-18-34/h9-14,19H,2-8,15-18H2,1H3,(H,29,30,31,32)/b28-19+. The number of nitrogens with zero attached hydrogens (tertiary/aromatic N) is 6. The molecule has 0 radical (unpaired) electrons. The van der Waals surface area contributed by atoms with Gasteiger partial charge >= 0.3 is 5.97 Å². The molecule has 3 aromatic rings. The molecule has 10 nitrogen and oxygen atoms in total. The van der Waals surface area contributed by atoms with Crippen molar-refractivity contribution < 1.29 is 13.9 Å². The molecule has 0 atom stereocenters. The number of esters is 1. The van der Waals surface area contributed by atoms with Crippen LogP contribution in [0.4, 0.5) is 17.8 Å². The van der Waals surface area contributed by atoms with Crippen LogP contribution >= 0.6 is 0 Å². The van der Waals surface area contributed by atoms with E-state index < -0.39 is 0 Å². The summed E-state index contributed by atoms with van der Waals surface area (Å²) < 4.78 is 11.0. The second kappa shape index (κ2) is 11.9. The van der Waals surface area contributed by atoms with Gasteiger partial charge in [0.25, 0.3) is 0 Å². The van der Waals surface area contributed by atoms with Gasteiger partial charge in [0.2, 0.25) is 17.8 Å². The largest absolute Gasteiger partial charge is 0.462 e. The number of aromatic nitrogens is 3. The molecule has 2 saturated heterocycles. The van der Waals surface area contributed by atoms with Gasteiger partial charge in [0, 0.05) is 31.7 Å². The number of anilines is 3. The van der Waals surface area contributed by atoms with Crippen LogP contribution in [-0.2, 0) is 4.74 Å². The maximum Gasteiger partial charge on any atom is 0.338 e. The van der Waals surface area contributed by atoms with Crippen molar-refractivity contribution in [1.29, 1.82) is 0 Å². The Kier molecular flexibility index (Phi) is 7.93. The maximum atomic E-state index is 11.9. The number of rotatable bonds is 8. The summed E-state index contributed by atoms with van der Waals surface area (Å²) >= 11 is 0. The topological polar surface area (TPSA) is 109 Å². The molecule has 2 aromatic heterocycles. The van der Waals surface area contributed by atoms with Crippen LogP contribution in [0.2, 0.25) is 0 Å². The number of ether oxygens (including phenoxy) is 1. The molecule has 1 N–H and O–H groups in total. The Morgan fingerprint density at radius 3 is 2.14 bits per heavy atom. The van der Waals surface area contributed by atoms with Crippen LogP contribution < -0.4 is 15.2 Å². The van der Waals surface area contributed by atoms with Crippen molar-refractivity contribution in [1.82, 2.24) is 15.0 Å². The third-order valence-corrected chi connectivity index (χ3v) is 6.55. The first-order valence-electron chi connectivity index (χ1n) is 13.1. The minimum atomic E-state index is -0.336. The molecule has 1 aromatic carbocycles.